The Morgan fingerprint density at radius 3 is 2.94 bits per heavy atom. The molecule has 0 saturated carbocycles. The molecule has 0 unspecified atom stereocenters. The van der Waals surface area contributed by atoms with Crippen molar-refractivity contribution >= 4 is 33.3 Å². The minimum atomic E-state index is 0.239. The fraction of sp³-hybridized carbons (Fsp3) is 0.636. The van der Waals surface area contributed by atoms with E-state index in [0.29, 0.717) is 13.2 Å². The third kappa shape index (κ3) is 6.49. The molecule has 0 aromatic carbocycles. The predicted molar refractivity (Wildman–Crippen MR) is 75.2 cm³/mol. The molecule has 0 amide bonds. The highest BCUT2D eigenvalue weighted by atomic mass is 79.9. The first-order chi connectivity index (χ1) is 8.74. The van der Waals surface area contributed by atoms with Gasteiger partial charge in [-0.1, -0.05) is 0 Å². The first-order valence-corrected chi connectivity index (χ1v) is 6.89. The topological polar surface area (TPSA) is 56.3 Å². The van der Waals surface area contributed by atoms with Crippen molar-refractivity contribution < 1.29 is 9.47 Å². The maximum Gasteiger partial charge on any atom is 0.224 e. The number of aromatic nitrogens is 2. The Morgan fingerprint density at radius 1 is 1.33 bits per heavy atom. The Labute approximate surface area is 120 Å². The van der Waals surface area contributed by atoms with E-state index in [-0.39, 0.29) is 5.28 Å². The summed E-state index contributed by atoms with van der Waals surface area (Å²) in [5.41, 5.74) is 0. The van der Waals surface area contributed by atoms with Gasteiger partial charge in [-0.05, 0) is 40.4 Å². The number of anilines is 1. The minimum absolute atomic E-state index is 0.239. The Hall–Kier alpha value is -0.430. The maximum atomic E-state index is 5.71. The Bertz CT molecular complexity index is 355. The molecule has 0 aliphatic rings. The van der Waals surface area contributed by atoms with Crippen LogP contribution in [-0.4, -0.2) is 43.4 Å². The van der Waals surface area contributed by atoms with Crippen molar-refractivity contribution in [3.8, 4) is 0 Å². The van der Waals surface area contributed by atoms with E-state index in [0.717, 1.165) is 36.3 Å². The van der Waals surface area contributed by atoms with Crippen LogP contribution in [0.2, 0.25) is 5.28 Å². The first-order valence-electron chi connectivity index (χ1n) is 5.72. The minimum Gasteiger partial charge on any atom is -0.382 e. The highest BCUT2D eigenvalue weighted by Crippen LogP contribution is 2.19. The zero-order valence-electron chi connectivity index (χ0n) is 10.3. The lowest BCUT2D eigenvalue weighted by atomic mass is 10.3. The maximum absolute atomic E-state index is 5.71. The van der Waals surface area contributed by atoms with Crippen molar-refractivity contribution in [1.29, 1.82) is 0 Å². The Morgan fingerprint density at radius 2 is 2.17 bits per heavy atom. The van der Waals surface area contributed by atoms with Crippen molar-refractivity contribution in [3.63, 3.8) is 0 Å². The number of unbranched alkanes of at least 4 members (excludes halogenated alkanes) is 1. The van der Waals surface area contributed by atoms with Crippen molar-refractivity contribution in [2.75, 3.05) is 38.8 Å². The number of nitrogens with one attached hydrogen (secondary N) is 1. The van der Waals surface area contributed by atoms with Gasteiger partial charge in [-0.25, -0.2) is 4.98 Å². The summed E-state index contributed by atoms with van der Waals surface area (Å²) in [5.74, 6) is 0.718. The van der Waals surface area contributed by atoms with Crippen LogP contribution in [0.1, 0.15) is 12.8 Å². The molecule has 7 heteroatoms. The number of ether oxygens (including phenoxy) is 2. The fourth-order valence-corrected chi connectivity index (χ4v) is 1.71. The van der Waals surface area contributed by atoms with E-state index in [4.69, 9.17) is 21.1 Å². The van der Waals surface area contributed by atoms with E-state index in [2.05, 4.69) is 31.2 Å². The highest BCUT2D eigenvalue weighted by Gasteiger charge is 2.02. The fourth-order valence-electron chi connectivity index (χ4n) is 1.25. The number of halogens is 2. The van der Waals surface area contributed by atoms with Crippen LogP contribution in [0.4, 0.5) is 5.82 Å². The van der Waals surface area contributed by atoms with Gasteiger partial charge in [-0.3, -0.25) is 0 Å². The zero-order chi connectivity index (χ0) is 13.2. The van der Waals surface area contributed by atoms with Crippen molar-refractivity contribution in [1.82, 2.24) is 9.97 Å². The summed E-state index contributed by atoms with van der Waals surface area (Å²) in [4.78, 5) is 7.94. The molecule has 0 saturated heterocycles. The third-order valence-electron chi connectivity index (χ3n) is 2.15. The Balaban J connectivity index is 2.09. The van der Waals surface area contributed by atoms with E-state index in [1.807, 2.05) is 0 Å². The Kier molecular flexibility index (Phi) is 8.24. The number of methoxy groups -OCH3 is 1. The summed E-state index contributed by atoms with van der Waals surface area (Å²) in [7, 11) is 1.66. The molecule has 0 aliphatic heterocycles. The number of rotatable bonds is 9. The van der Waals surface area contributed by atoms with E-state index in [1.54, 1.807) is 13.3 Å². The summed E-state index contributed by atoms with van der Waals surface area (Å²) in [6, 6.07) is 0. The quantitative estimate of drug-likeness (QED) is 0.554. The molecule has 1 N–H and O–H groups in total. The smallest absolute Gasteiger partial charge is 0.224 e. The molecular weight excluding hydrogens is 321 g/mol. The van der Waals surface area contributed by atoms with Gasteiger partial charge in [0.25, 0.3) is 0 Å². The normalized spacial score (nSPS) is 10.6. The molecule has 0 atom stereocenters. The number of nitrogens with zero attached hydrogens (tertiary/aromatic N) is 2. The summed E-state index contributed by atoms with van der Waals surface area (Å²) in [5, 5.41) is 3.43. The molecule has 1 aromatic heterocycles. The summed E-state index contributed by atoms with van der Waals surface area (Å²) < 4.78 is 11.1. The van der Waals surface area contributed by atoms with Gasteiger partial charge in [-0.2, -0.15) is 4.98 Å². The van der Waals surface area contributed by atoms with Gasteiger partial charge in [0.1, 0.15) is 5.82 Å². The van der Waals surface area contributed by atoms with Gasteiger partial charge in [0, 0.05) is 26.5 Å². The van der Waals surface area contributed by atoms with E-state index < -0.39 is 0 Å². The lowest BCUT2D eigenvalue weighted by Crippen LogP contribution is -2.07. The molecular formula is C11H17BrClN3O2. The average Bonchev–Trinajstić information content (AvgIpc) is 2.36. The molecule has 0 fully saturated rings. The predicted octanol–water partition coefficient (Wildman–Crippen LogP) is 2.75. The molecule has 0 aliphatic carbocycles. The van der Waals surface area contributed by atoms with E-state index in [1.165, 1.54) is 0 Å². The molecule has 0 radical (unpaired) electrons. The van der Waals surface area contributed by atoms with Crippen molar-refractivity contribution in [2.45, 2.75) is 12.8 Å². The molecule has 1 rings (SSSR count). The third-order valence-corrected chi connectivity index (χ3v) is 2.92. The van der Waals surface area contributed by atoms with E-state index in [9.17, 15) is 0 Å². The van der Waals surface area contributed by atoms with Gasteiger partial charge >= 0.3 is 0 Å². The largest absolute Gasteiger partial charge is 0.382 e. The zero-order valence-corrected chi connectivity index (χ0v) is 12.6. The van der Waals surface area contributed by atoms with Crippen molar-refractivity contribution in [3.05, 3.63) is 16.0 Å². The van der Waals surface area contributed by atoms with Gasteiger partial charge in [0.05, 0.1) is 17.7 Å². The van der Waals surface area contributed by atoms with Crippen LogP contribution >= 0.6 is 27.5 Å². The average molecular weight is 339 g/mol. The first kappa shape index (κ1) is 15.6. The van der Waals surface area contributed by atoms with Crippen LogP contribution < -0.4 is 5.32 Å². The van der Waals surface area contributed by atoms with Crippen LogP contribution in [-0.2, 0) is 9.47 Å². The number of hydrogen-bond acceptors (Lipinski definition) is 5. The number of hydrogen-bond donors (Lipinski definition) is 1. The van der Waals surface area contributed by atoms with Crippen LogP contribution in [0.5, 0.6) is 0 Å². The van der Waals surface area contributed by atoms with Gasteiger partial charge in [0.15, 0.2) is 0 Å². The highest BCUT2D eigenvalue weighted by molar-refractivity contribution is 9.10. The van der Waals surface area contributed by atoms with Gasteiger partial charge in [-0.15, -0.1) is 0 Å². The second-order valence-electron chi connectivity index (χ2n) is 3.57. The van der Waals surface area contributed by atoms with Crippen LogP contribution in [0.15, 0.2) is 10.7 Å². The lowest BCUT2D eigenvalue weighted by molar-refractivity contribution is 0.0691. The summed E-state index contributed by atoms with van der Waals surface area (Å²) in [6.45, 7) is 2.86. The standard InChI is InChI=1S/C11H17BrClN3O2/c1-17-6-7-18-5-3-2-4-14-10-9(12)8-15-11(13)16-10/h8H,2-7H2,1H3,(H,14,15,16). The van der Waals surface area contributed by atoms with Gasteiger partial charge < -0.3 is 14.8 Å². The molecule has 102 valence electrons. The molecule has 1 heterocycles. The molecule has 5 nitrogen and oxygen atoms in total. The van der Waals surface area contributed by atoms with E-state index >= 15 is 0 Å². The second-order valence-corrected chi connectivity index (χ2v) is 4.77. The van der Waals surface area contributed by atoms with Crippen molar-refractivity contribution in [2.24, 2.45) is 0 Å². The SMILES string of the molecule is COCCOCCCCNc1nc(Cl)ncc1Br. The molecule has 18 heavy (non-hydrogen) atoms. The van der Waals surface area contributed by atoms with Gasteiger partial charge in [0.2, 0.25) is 5.28 Å². The summed E-state index contributed by atoms with van der Waals surface area (Å²) >= 11 is 9.07. The lowest BCUT2D eigenvalue weighted by Gasteiger charge is -2.07. The van der Waals surface area contributed by atoms with Crippen LogP contribution in [0.3, 0.4) is 0 Å². The molecule has 0 bridgehead atoms. The summed E-state index contributed by atoms with van der Waals surface area (Å²) in [6.07, 6.45) is 3.62. The van der Waals surface area contributed by atoms with Crippen LogP contribution in [0, 0.1) is 0 Å². The molecule has 1 aromatic rings. The second kappa shape index (κ2) is 9.49. The monoisotopic (exact) mass is 337 g/mol. The molecule has 0 spiro atoms. The van der Waals surface area contributed by atoms with Crippen LogP contribution in [0.25, 0.3) is 0 Å².